The number of nitrogens with one attached hydrogen (secondary N) is 1. The topological polar surface area (TPSA) is 80.9 Å². The van der Waals surface area contributed by atoms with E-state index in [0.717, 1.165) is 0 Å². The molecule has 0 radical (unpaired) electrons. The first-order valence-corrected chi connectivity index (χ1v) is 7.92. The van der Waals surface area contributed by atoms with Gasteiger partial charge in [-0.3, -0.25) is 4.79 Å². The maximum atomic E-state index is 12.1. The molecule has 1 heterocycles. The van der Waals surface area contributed by atoms with Gasteiger partial charge in [0.05, 0.1) is 5.25 Å². The van der Waals surface area contributed by atoms with E-state index < -0.39 is 0 Å². The number of carbonyl (C=O) groups is 1. The Balaban J connectivity index is 2.00. The predicted molar refractivity (Wildman–Crippen MR) is 84.7 cm³/mol. The summed E-state index contributed by atoms with van der Waals surface area (Å²) in [6.45, 7) is 1.77. The number of nitrogens with two attached hydrogens (primary N) is 1. The first-order valence-electron chi connectivity index (χ1n) is 5.46. The molecule has 0 fully saturated rings. The molecule has 0 saturated heterocycles. The molecule has 0 spiro atoms. The number of nitrogens with zero attached hydrogens (tertiary/aromatic N) is 2. The van der Waals surface area contributed by atoms with E-state index in [1.54, 1.807) is 25.1 Å². The highest BCUT2D eigenvalue weighted by molar-refractivity contribution is 8.02. The highest BCUT2D eigenvalue weighted by Gasteiger charge is 2.17. The first kappa shape index (κ1) is 15.4. The van der Waals surface area contributed by atoms with Crippen LogP contribution in [0.4, 0.5) is 10.8 Å². The molecule has 9 heteroatoms. The Morgan fingerprint density at radius 2 is 2.00 bits per heavy atom. The summed E-state index contributed by atoms with van der Waals surface area (Å²) in [6, 6.07) is 4.86. The van der Waals surface area contributed by atoms with Gasteiger partial charge in [0, 0.05) is 15.7 Å². The monoisotopic (exact) mass is 348 g/mol. The van der Waals surface area contributed by atoms with Crippen molar-refractivity contribution < 1.29 is 4.79 Å². The number of nitrogen functional groups attached to an aromatic ring is 1. The van der Waals surface area contributed by atoms with Crippen LogP contribution in [0.1, 0.15) is 6.92 Å². The second-order valence-electron chi connectivity index (χ2n) is 3.81. The zero-order chi connectivity index (χ0) is 14.7. The van der Waals surface area contributed by atoms with Gasteiger partial charge in [-0.1, -0.05) is 46.3 Å². The summed E-state index contributed by atoms with van der Waals surface area (Å²) in [5, 5.41) is 11.3. The lowest BCUT2D eigenvalue weighted by Crippen LogP contribution is -2.22. The van der Waals surface area contributed by atoms with E-state index in [0.29, 0.717) is 25.2 Å². The average Bonchev–Trinajstić information content (AvgIpc) is 2.73. The molecule has 2 aromatic rings. The normalized spacial score (nSPS) is 12.2. The fourth-order valence-electron chi connectivity index (χ4n) is 1.34. The van der Waals surface area contributed by atoms with Crippen LogP contribution in [0.2, 0.25) is 10.0 Å². The summed E-state index contributed by atoms with van der Waals surface area (Å²) in [4.78, 5) is 12.1. The van der Waals surface area contributed by atoms with Gasteiger partial charge < -0.3 is 11.1 Å². The van der Waals surface area contributed by atoms with Gasteiger partial charge in [-0.25, -0.2) is 0 Å². The minimum Gasteiger partial charge on any atom is -0.374 e. The number of halogens is 2. The summed E-state index contributed by atoms with van der Waals surface area (Å²) < 4.78 is 0.647. The average molecular weight is 349 g/mol. The lowest BCUT2D eigenvalue weighted by atomic mass is 10.3. The van der Waals surface area contributed by atoms with Crippen LogP contribution in [-0.4, -0.2) is 21.4 Å². The van der Waals surface area contributed by atoms with E-state index in [1.165, 1.54) is 23.1 Å². The van der Waals surface area contributed by atoms with Gasteiger partial charge in [-0.2, -0.15) is 0 Å². The molecule has 0 aliphatic carbocycles. The maximum absolute atomic E-state index is 12.1. The van der Waals surface area contributed by atoms with Gasteiger partial charge in [-0.05, 0) is 25.1 Å². The standard InChI is InChI=1S/C11H10Cl2N4OS2/c1-5(19-11-17-16-10(14)20-11)9(18)15-8-3-6(12)2-7(13)4-8/h2-5H,1H3,(H2,14,16)(H,15,18)/t5-/m1/s1. The van der Waals surface area contributed by atoms with Gasteiger partial charge in [0.1, 0.15) is 0 Å². The molecule has 5 nitrogen and oxygen atoms in total. The second-order valence-corrected chi connectivity index (χ2v) is 7.28. The van der Waals surface area contributed by atoms with Crippen LogP contribution >= 0.6 is 46.3 Å². The number of thioether (sulfide) groups is 1. The number of rotatable bonds is 4. The van der Waals surface area contributed by atoms with Gasteiger partial charge in [0.2, 0.25) is 11.0 Å². The minimum absolute atomic E-state index is 0.179. The van der Waals surface area contributed by atoms with Gasteiger partial charge in [0.25, 0.3) is 0 Å². The van der Waals surface area contributed by atoms with Crippen molar-refractivity contribution in [1.29, 1.82) is 0 Å². The van der Waals surface area contributed by atoms with Crippen LogP contribution in [-0.2, 0) is 4.79 Å². The third-order valence-corrected chi connectivity index (χ3v) is 4.57. The van der Waals surface area contributed by atoms with E-state index in [1.807, 2.05) is 0 Å². The van der Waals surface area contributed by atoms with Gasteiger partial charge in [0.15, 0.2) is 4.34 Å². The second kappa shape index (κ2) is 6.62. The summed E-state index contributed by atoms with van der Waals surface area (Å²) in [5.41, 5.74) is 6.04. The van der Waals surface area contributed by atoms with Crippen LogP contribution in [0.3, 0.4) is 0 Å². The number of hydrogen-bond acceptors (Lipinski definition) is 6. The number of benzene rings is 1. The zero-order valence-corrected chi connectivity index (χ0v) is 13.4. The Hall–Kier alpha value is -1.02. The molecule has 106 valence electrons. The molecule has 3 N–H and O–H groups in total. The Kier molecular flexibility index (Phi) is 5.09. The third-order valence-electron chi connectivity index (χ3n) is 2.20. The lowest BCUT2D eigenvalue weighted by molar-refractivity contribution is -0.115. The van der Waals surface area contributed by atoms with Crippen LogP contribution in [0.15, 0.2) is 22.5 Å². The Bertz CT molecular complexity index is 614. The van der Waals surface area contributed by atoms with Crippen LogP contribution < -0.4 is 11.1 Å². The molecule has 1 aromatic carbocycles. The maximum Gasteiger partial charge on any atom is 0.237 e. The van der Waals surface area contributed by atoms with Crippen molar-refractivity contribution in [3.63, 3.8) is 0 Å². The molecule has 0 aliphatic rings. The quantitative estimate of drug-likeness (QED) is 0.825. The van der Waals surface area contributed by atoms with Gasteiger partial charge in [-0.15, -0.1) is 10.2 Å². The van der Waals surface area contributed by atoms with Crippen molar-refractivity contribution in [2.75, 3.05) is 11.1 Å². The van der Waals surface area contributed by atoms with E-state index in [-0.39, 0.29) is 11.2 Å². The number of aromatic nitrogens is 2. The summed E-state index contributed by atoms with van der Waals surface area (Å²) in [7, 11) is 0. The molecule has 20 heavy (non-hydrogen) atoms. The van der Waals surface area contributed by atoms with Crippen LogP contribution in [0, 0.1) is 0 Å². The number of anilines is 2. The predicted octanol–water partition coefficient (Wildman–Crippen LogP) is 3.55. The highest BCUT2D eigenvalue weighted by Crippen LogP contribution is 2.28. The highest BCUT2D eigenvalue weighted by atomic mass is 35.5. The molecule has 0 aliphatic heterocycles. The van der Waals surface area contributed by atoms with E-state index in [4.69, 9.17) is 28.9 Å². The summed E-state index contributed by atoms with van der Waals surface area (Å²) in [6.07, 6.45) is 0. The van der Waals surface area contributed by atoms with E-state index in [9.17, 15) is 4.79 Å². The van der Waals surface area contributed by atoms with Crippen molar-refractivity contribution >= 4 is 63.0 Å². The number of carbonyl (C=O) groups excluding carboxylic acids is 1. The van der Waals surface area contributed by atoms with Gasteiger partial charge >= 0.3 is 0 Å². The number of hydrogen-bond donors (Lipinski definition) is 2. The van der Waals surface area contributed by atoms with E-state index in [2.05, 4.69) is 15.5 Å². The van der Waals surface area contributed by atoms with Crippen LogP contribution in [0.25, 0.3) is 0 Å². The molecular weight excluding hydrogens is 339 g/mol. The molecule has 0 saturated carbocycles. The van der Waals surface area contributed by atoms with Crippen molar-refractivity contribution in [3.8, 4) is 0 Å². The summed E-state index contributed by atoms with van der Waals surface area (Å²) >= 11 is 14.3. The molecule has 2 rings (SSSR count). The molecule has 0 bridgehead atoms. The SMILES string of the molecule is C[C@@H](Sc1nnc(N)s1)C(=O)Nc1cc(Cl)cc(Cl)c1. The molecule has 1 aromatic heterocycles. The Morgan fingerprint density at radius 1 is 1.35 bits per heavy atom. The fourth-order valence-corrected chi connectivity index (χ4v) is 3.65. The van der Waals surface area contributed by atoms with E-state index >= 15 is 0 Å². The van der Waals surface area contributed by atoms with Crippen LogP contribution in [0.5, 0.6) is 0 Å². The van der Waals surface area contributed by atoms with Crippen molar-refractivity contribution in [2.24, 2.45) is 0 Å². The molecule has 1 atom stereocenters. The van der Waals surface area contributed by atoms with Crippen molar-refractivity contribution in [3.05, 3.63) is 28.2 Å². The largest absolute Gasteiger partial charge is 0.374 e. The van der Waals surface area contributed by atoms with Crippen molar-refractivity contribution in [1.82, 2.24) is 10.2 Å². The zero-order valence-electron chi connectivity index (χ0n) is 10.3. The number of amides is 1. The minimum atomic E-state index is -0.347. The molecular formula is C11H10Cl2N4OS2. The fraction of sp³-hybridized carbons (Fsp3) is 0.182. The summed E-state index contributed by atoms with van der Waals surface area (Å²) in [5.74, 6) is -0.179. The first-order chi connectivity index (χ1) is 9.44. The lowest BCUT2D eigenvalue weighted by Gasteiger charge is -2.10. The third kappa shape index (κ3) is 4.24. The Labute approximate surface area is 133 Å². The van der Waals surface area contributed by atoms with Crippen molar-refractivity contribution in [2.45, 2.75) is 16.5 Å². The molecule has 0 unspecified atom stereocenters. The Morgan fingerprint density at radius 3 is 2.55 bits per heavy atom. The molecule has 1 amide bonds. The smallest absolute Gasteiger partial charge is 0.237 e.